The van der Waals surface area contributed by atoms with Crippen LogP contribution in [-0.4, -0.2) is 89.4 Å². The van der Waals surface area contributed by atoms with E-state index in [1.807, 2.05) is 42.1 Å². The van der Waals surface area contributed by atoms with Crippen molar-refractivity contribution in [3.63, 3.8) is 0 Å². The lowest BCUT2D eigenvalue weighted by Crippen LogP contribution is -2.58. The van der Waals surface area contributed by atoms with Crippen molar-refractivity contribution in [2.75, 3.05) is 32.7 Å². The number of H-pyrrole nitrogens is 1. The van der Waals surface area contributed by atoms with Crippen molar-refractivity contribution in [3.05, 3.63) is 59.8 Å². The minimum atomic E-state index is -0.380. The Morgan fingerprint density at radius 2 is 1.95 bits per heavy atom. The smallest absolute Gasteiger partial charge is 0.236 e. The largest absolute Gasteiger partial charge is 0.456 e. The fourth-order valence-electron chi connectivity index (χ4n) is 5.01. The van der Waals surface area contributed by atoms with Crippen LogP contribution in [0.1, 0.15) is 11.9 Å². The molecule has 7 rings (SSSR count). The second kappa shape index (κ2) is 9.30. The van der Waals surface area contributed by atoms with Gasteiger partial charge in [0.1, 0.15) is 27.9 Å². The Labute approximate surface area is 228 Å². The molecule has 198 valence electrons. The third-order valence-electron chi connectivity index (χ3n) is 7.20. The number of halogens is 1. The molecular formula is C27H25ClN8O3. The molecule has 2 aliphatic heterocycles. The minimum Gasteiger partial charge on any atom is -0.456 e. The third-order valence-corrected chi connectivity index (χ3v) is 7.57. The molecule has 3 aromatic heterocycles. The molecule has 1 amide bonds. The van der Waals surface area contributed by atoms with Gasteiger partial charge in [0.05, 0.1) is 53.3 Å². The first-order valence-corrected chi connectivity index (χ1v) is 13.1. The summed E-state index contributed by atoms with van der Waals surface area (Å²) in [5, 5.41) is 14.3. The molecule has 12 heteroatoms. The number of benzene rings is 2. The maximum atomic E-state index is 12.2. The summed E-state index contributed by atoms with van der Waals surface area (Å²) in [7, 11) is 0. The van der Waals surface area contributed by atoms with Crippen molar-refractivity contribution < 1.29 is 14.6 Å². The zero-order valence-electron chi connectivity index (χ0n) is 21.1. The molecule has 0 bridgehead atoms. The van der Waals surface area contributed by atoms with E-state index in [0.29, 0.717) is 52.9 Å². The quantitative estimate of drug-likeness (QED) is 0.334. The SMILES string of the molecule is Cc1nc2ccc(Oc3ccc4ncc(-c5cnn(C6CN(CC(=O)N7CC(O)C7)C6)c5)nc4c3Cl)cc2[nH]1. The maximum Gasteiger partial charge on any atom is 0.236 e. The molecule has 2 aromatic carbocycles. The van der Waals surface area contributed by atoms with E-state index in [1.165, 1.54) is 0 Å². The molecule has 0 unspecified atom stereocenters. The number of ether oxygens (including phenoxy) is 1. The van der Waals surface area contributed by atoms with Crippen LogP contribution in [0, 0.1) is 6.92 Å². The van der Waals surface area contributed by atoms with Crippen LogP contribution in [-0.2, 0) is 4.79 Å². The molecule has 5 aromatic rings. The van der Waals surface area contributed by atoms with Crippen LogP contribution < -0.4 is 4.74 Å². The molecular weight excluding hydrogens is 520 g/mol. The van der Waals surface area contributed by atoms with Crippen molar-refractivity contribution in [2.24, 2.45) is 0 Å². The summed E-state index contributed by atoms with van der Waals surface area (Å²) in [5.41, 5.74) is 4.45. The fraction of sp³-hybridized carbons (Fsp3) is 0.296. The van der Waals surface area contributed by atoms with Gasteiger partial charge in [0, 0.05) is 44.0 Å². The Bertz CT molecular complexity index is 1720. The summed E-state index contributed by atoms with van der Waals surface area (Å²) in [6.45, 7) is 4.62. The molecule has 5 heterocycles. The normalized spacial score (nSPS) is 16.5. The average Bonchev–Trinajstić information content (AvgIpc) is 3.51. The Morgan fingerprint density at radius 1 is 1.13 bits per heavy atom. The van der Waals surface area contributed by atoms with Crippen LogP contribution >= 0.6 is 11.6 Å². The van der Waals surface area contributed by atoms with E-state index in [9.17, 15) is 9.90 Å². The number of aryl methyl sites for hydroxylation is 1. The van der Waals surface area contributed by atoms with Gasteiger partial charge in [-0.05, 0) is 31.2 Å². The number of hydrogen-bond acceptors (Lipinski definition) is 8. The van der Waals surface area contributed by atoms with E-state index in [-0.39, 0.29) is 18.1 Å². The minimum absolute atomic E-state index is 0.0588. The van der Waals surface area contributed by atoms with Gasteiger partial charge < -0.3 is 19.7 Å². The Morgan fingerprint density at radius 3 is 2.77 bits per heavy atom. The van der Waals surface area contributed by atoms with Gasteiger partial charge in [-0.15, -0.1) is 0 Å². The van der Waals surface area contributed by atoms with Crippen molar-refractivity contribution in [3.8, 4) is 22.8 Å². The number of carbonyl (C=O) groups excluding carboxylic acids is 1. The fourth-order valence-corrected chi connectivity index (χ4v) is 5.25. The molecule has 39 heavy (non-hydrogen) atoms. The number of likely N-dealkylation sites (tertiary alicyclic amines) is 2. The number of hydrogen-bond donors (Lipinski definition) is 2. The van der Waals surface area contributed by atoms with Gasteiger partial charge in [-0.1, -0.05) is 11.6 Å². The van der Waals surface area contributed by atoms with E-state index < -0.39 is 0 Å². The predicted molar refractivity (Wildman–Crippen MR) is 145 cm³/mol. The summed E-state index contributed by atoms with van der Waals surface area (Å²) in [6.07, 6.45) is 5.04. The lowest BCUT2D eigenvalue weighted by Gasteiger charge is -2.42. The number of fused-ring (bicyclic) bond motifs is 2. The van der Waals surface area contributed by atoms with Gasteiger partial charge in [0.15, 0.2) is 0 Å². The van der Waals surface area contributed by atoms with Crippen LogP contribution in [0.25, 0.3) is 33.3 Å². The highest BCUT2D eigenvalue weighted by Crippen LogP contribution is 2.36. The summed E-state index contributed by atoms with van der Waals surface area (Å²) < 4.78 is 8.00. The number of imidazole rings is 1. The predicted octanol–water partition coefficient (Wildman–Crippen LogP) is 3.18. The molecule has 2 N–H and O–H groups in total. The maximum absolute atomic E-state index is 12.2. The van der Waals surface area contributed by atoms with E-state index in [4.69, 9.17) is 21.3 Å². The topological polar surface area (TPSA) is 125 Å². The highest BCUT2D eigenvalue weighted by molar-refractivity contribution is 6.36. The number of aliphatic hydroxyl groups is 1. The van der Waals surface area contributed by atoms with Gasteiger partial charge in [0.25, 0.3) is 0 Å². The summed E-state index contributed by atoms with van der Waals surface area (Å²) in [5.74, 6) is 2.02. The number of aromatic nitrogens is 6. The number of amides is 1. The van der Waals surface area contributed by atoms with E-state index in [1.54, 1.807) is 23.4 Å². The highest BCUT2D eigenvalue weighted by atomic mass is 35.5. The first-order chi connectivity index (χ1) is 18.9. The van der Waals surface area contributed by atoms with E-state index in [0.717, 1.165) is 35.5 Å². The van der Waals surface area contributed by atoms with E-state index >= 15 is 0 Å². The molecule has 0 saturated carbocycles. The molecule has 2 aliphatic rings. The molecule has 0 atom stereocenters. The van der Waals surface area contributed by atoms with Crippen LogP contribution in [0.5, 0.6) is 11.5 Å². The molecule has 11 nitrogen and oxygen atoms in total. The highest BCUT2D eigenvalue weighted by Gasteiger charge is 2.34. The van der Waals surface area contributed by atoms with Gasteiger partial charge >= 0.3 is 0 Å². The number of nitrogens with one attached hydrogen (secondary N) is 1. The van der Waals surface area contributed by atoms with Crippen LogP contribution in [0.4, 0.5) is 0 Å². The standard InChI is InChI=1S/C27H25ClN8O3/c1-15-31-20-3-2-19(6-22(20)32-15)39-24-5-4-21-27(26(24)28)33-23(8-29-21)16-7-30-36(9-16)17-10-34(11-17)14-25(38)35-12-18(37)13-35/h2-9,17-18,37H,10-14H2,1H3,(H,31,32). The van der Waals surface area contributed by atoms with Crippen molar-refractivity contribution in [1.82, 2.24) is 39.5 Å². The van der Waals surface area contributed by atoms with Crippen LogP contribution in [0.15, 0.2) is 48.9 Å². The number of rotatable bonds is 6. The van der Waals surface area contributed by atoms with Crippen LogP contribution in [0.2, 0.25) is 5.02 Å². The zero-order chi connectivity index (χ0) is 26.7. The molecule has 0 aliphatic carbocycles. The monoisotopic (exact) mass is 544 g/mol. The lowest BCUT2D eigenvalue weighted by molar-refractivity contribution is -0.144. The molecule has 2 fully saturated rings. The number of aromatic amines is 1. The van der Waals surface area contributed by atoms with Crippen molar-refractivity contribution in [2.45, 2.75) is 19.1 Å². The van der Waals surface area contributed by atoms with Gasteiger partial charge in [-0.2, -0.15) is 5.10 Å². The number of carbonyl (C=O) groups is 1. The molecule has 2 saturated heterocycles. The molecule has 0 radical (unpaired) electrons. The number of β-amino-alcohol motifs (C(OH)–C–C–N with tert-alkyl or cyclic N) is 1. The van der Waals surface area contributed by atoms with E-state index in [2.05, 4.69) is 25.0 Å². The Kier molecular flexibility index (Phi) is 5.72. The average molecular weight is 545 g/mol. The molecule has 0 spiro atoms. The number of nitrogens with zero attached hydrogens (tertiary/aromatic N) is 7. The van der Waals surface area contributed by atoms with Crippen LogP contribution in [0.3, 0.4) is 0 Å². The zero-order valence-corrected chi connectivity index (χ0v) is 21.8. The first-order valence-electron chi connectivity index (χ1n) is 12.7. The Balaban J connectivity index is 1.06. The summed E-state index contributed by atoms with van der Waals surface area (Å²) >= 11 is 6.74. The second-order valence-electron chi connectivity index (χ2n) is 10.1. The van der Waals surface area contributed by atoms with Gasteiger partial charge in [-0.3, -0.25) is 19.4 Å². The van der Waals surface area contributed by atoms with Gasteiger partial charge in [0.2, 0.25) is 5.91 Å². The van der Waals surface area contributed by atoms with Crippen molar-refractivity contribution >= 4 is 39.6 Å². The third kappa shape index (κ3) is 4.48. The summed E-state index contributed by atoms with van der Waals surface area (Å²) in [6, 6.07) is 9.44. The lowest BCUT2D eigenvalue weighted by atomic mass is 10.1. The van der Waals surface area contributed by atoms with Crippen molar-refractivity contribution in [1.29, 1.82) is 0 Å². The second-order valence-corrected chi connectivity index (χ2v) is 10.5. The number of aliphatic hydroxyl groups excluding tert-OH is 1. The first kappa shape index (κ1) is 24.0. The Hall–Kier alpha value is -4.06. The van der Waals surface area contributed by atoms with Gasteiger partial charge in [-0.25, -0.2) is 9.97 Å². The summed E-state index contributed by atoms with van der Waals surface area (Å²) in [4.78, 5) is 33.0.